The van der Waals surface area contributed by atoms with Gasteiger partial charge in [0.2, 0.25) is 5.91 Å². The lowest BCUT2D eigenvalue weighted by atomic mass is 10.1. The Morgan fingerprint density at radius 1 is 1.21 bits per heavy atom. The van der Waals surface area contributed by atoms with Gasteiger partial charge in [-0.1, -0.05) is 53.2 Å². The topological polar surface area (TPSA) is 84.2 Å². The number of para-hydroxylation sites is 2. The van der Waals surface area contributed by atoms with Crippen molar-refractivity contribution < 1.29 is 9.59 Å². The molecule has 1 aromatic carbocycles. The molecule has 0 aliphatic heterocycles. The standard InChI is InChI=1S/C20H26BrN3O2.CH4S/c1-3-15(14-16(21)4-2)20(26)23-13-9-5-6-12-19(25)24-18-11-8-7-10-17(18)22;1-2/h3-4,7-8,10-11,14H,1,5-6,9,12-13,22H2,2H3,(H,23,26)(H,24,25);2H,1H3/b15-14+,16-4+;. The second kappa shape index (κ2) is 16.0. The summed E-state index contributed by atoms with van der Waals surface area (Å²) in [5, 5.41) is 5.66. The highest BCUT2D eigenvalue weighted by Gasteiger charge is 2.06. The molecule has 0 aliphatic rings. The molecule has 0 spiro atoms. The van der Waals surface area contributed by atoms with Gasteiger partial charge in [-0.25, -0.2) is 0 Å². The molecule has 4 N–H and O–H groups in total. The molecular weight excluding hydrogens is 438 g/mol. The van der Waals surface area contributed by atoms with Gasteiger partial charge in [0.1, 0.15) is 0 Å². The van der Waals surface area contributed by atoms with Crippen LogP contribution in [-0.2, 0) is 9.59 Å². The van der Waals surface area contributed by atoms with E-state index in [0.717, 1.165) is 23.7 Å². The molecule has 0 heterocycles. The van der Waals surface area contributed by atoms with Gasteiger partial charge in [0, 0.05) is 23.0 Å². The first-order chi connectivity index (χ1) is 13.5. The maximum Gasteiger partial charge on any atom is 0.251 e. The third kappa shape index (κ3) is 11.0. The van der Waals surface area contributed by atoms with E-state index in [1.54, 1.807) is 24.5 Å². The molecule has 0 radical (unpaired) electrons. The van der Waals surface area contributed by atoms with E-state index < -0.39 is 0 Å². The van der Waals surface area contributed by atoms with Crippen LogP contribution in [0.4, 0.5) is 11.4 Å². The lowest BCUT2D eigenvalue weighted by Crippen LogP contribution is -2.25. The summed E-state index contributed by atoms with van der Waals surface area (Å²) in [5.41, 5.74) is 7.50. The highest BCUT2D eigenvalue weighted by atomic mass is 79.9. The summed E-state index contributed by atoms with van der Waals surface area (Å²) in [7, 11) is 0. The Balaban J connectivity index is 0.00000352. The van der Waals surface area contributed by atoms with Crippen molar-refractivity contribution in [2.24, 2.45) is 0 Å². The summed E-state index contributed by atoms with van der Waals surface area (Å²) in [4.78, 5) is 23.9. The first-order valence-corrected chi connectivity index (χ1v) is 10.7. The van der Waals surface area contributed by atoms with E-state index in [2.05, 4.69) is 45.8 Å². The van der Waals surface area contributed by atoms with Gasteiger partial charge in [0.25, 0.3) is 5.91 Å². The minimum Gasteiger partial charge on any atom is -0.397 e. The van der Waals surface area contributed by atoms with Crippen molar-refractivity contribution in [2.75, 3.05) is 23.9 Å². The van der Waals surface area contributed by atoms with Crippen molar-refractivity contribution in [3.8, 4) is 0 Å². The van der Waals surface area contributed by atoms with E-state index >= 15 is 0 Å². The number of unbranched alkanes of at least 4 members (excludes halogenated alkanes) is 2. The Hall–Kier alpha value is -1.99. The smallest absolute Gasteiger partial charge is 0.251 e. The summed E-state index contributed by atoms with van der Waals surface area (Å²) >= 11 is 6.87. The van der Waals surface area contributed by atoms with Gasteiger partial charge in [0.05, 0.1) is 11.4 Å². The summed E-state index contributed by atoms with van der Waals surface area (Å²) in [6.07, 6.45) is 9.63. The van der Waals surface area contributed by atoms with Gasteiger partial charge in [0.15, 0.2) is 0 Å². The van der Waals surface area contributed by atoms with Crippen LogP contribution >= 0.6 is 28.6 Å². The Morgan fingerprint density at radius 2 is 1.89 bits per heavy atom. The average molecular weight is 468 g/mol. The number of nitrogen functional groups attached to an aromatic ring is 1. The van der Waals surface area contributed by atoms with Crippen LogP contribution in [0.3, 0.4) is 0 Å². The van der Waals surface area contributed by atoms with Crippen LogP contribution in [0.1, 0.15) is 32.6 Å². The number of nitrogens with two attached hydrogens (primary N) is 1. The minimum atomic E-state index is -0.156. The number of amides is 2. The fraction of sp³-hybridized carbons (Fsp3) is 0.333. The third-order valence-electron chi connectivity index (χ3n) is 3.65. The number of hydrogen-bond donors (Lipinski definition) is 4. The third-order valence-corrected chi connectivity index (χ3v) is 4.34. The maximum atomic E-state index is 12.0. The van der Waals surface area contributed by atoms with Crippen LogP contribution in [-0.4, -0.2) is 24.6 Å². The first kappa shape index (κ1) is 26.0. The number of carbonyl (C=O) groups excluding carboxylic acids is 2. The Labute approximate surface area is 182 Å². The van der Waals surface area contributed by atoms with Crippen molar-refractivity contribution in [2.45, 2.75) is 32.6 Å². The molecule has 1 aromatic rings. The predicted octanol–water partition coefficient (Wildman–Crippen LogP) is 4.84. The van der Waals surface area contributed by atoms with Crippen molar-refractivity contribution in [1.82, 2.24) is 5.32 Å². The number of carbonyl (C=O) groups is 2. The molecule has 0 saturated heterocycles. The van der Waals surface area contributed by atoms with Crippen molar-refractivity contribution in [3.05, 3.63) is 59.1 Å². The zero-order chi connectivity index (χ0) is 21.4. The fourth-order valence-corrected chi connectivity index (χ4v) is 2.41. The Bertz CT molecular complexity index is 703. The first-order valence-electron chi connectivity index (χ1n) is 9.01. The summed E-state index contributed by atoms with van der Waals surface area (Å²) in [6.45, 7) is 6.09. The number of hydrogen-bond acceptors (Lipinski definition) is 4. The quantitative estimate of drug-likeness (QED) is 0.130. The predicted molar refractivity (Wildman–Crippen MR) is 127 cm³/mol. The molecule has 0 aromatic heterocycles. The molecule has 0 unspecified atom stereocenters. The summed E-state index contributed by atoms with van der Waals surface area (Å²) in [5.74, 6) is -0.212. The number of anilines is 2. The molecule has 2 amide bonds. The number of thiol groups is 1. The van der Waals surface area contributed by atoms with Crippen LogP contribution in [0.25, 0.3) is 0 Å². The number of benzene rings is 1. The molecule has 0 aliphatic carbocycles. The van der Waals surface area contributed by atoms with E-state index in [0.29, 0.717) is 29.9 Å². The molecule has 28 heavy (non-hydrogen) atoms. The van der Waals surface area contributed by atoms with Gasteiger partial charge in [-0.15, -0.1) is 0 Å². The van der Waals surface area contributed by atoms with E-state index in [-0.39, 0.29) is 11.8 Å². The molecule has 0 saturated carbocycles. The van der Waals surface area contributed by atoms with Crippen LogP contribution in [0, 0.1) is 0 Å². The van der Waals surface area contributed by atoms with Crippen LogP contribution < -0.4 is 16.4 Å². The van der Waals surface area contributed by atoms with Crippen molar-refractivity contribution >= 4 is 51.7 Å². The summed E-state index contributed by atoms with van der Waals surface area (Å²) < 4.78 is 0.826. The van der Waals surface area contributed by atoms with Gasteiger partial charge in [-0.3, -0.25) is 9.59 Å². The normalized spacial score (nSPS) is 11.1. The molecule has 0 bridgehead atoms. The molecule has 1 rings (SSSR count). The Morgan fingerprint density at radius 3 is 2.50 bits per heavy atom. The number of rotatable bonds is 10. The number of nitrogens with one attached hydrogen (secondary N) is 2. The van der Waals surface area contributed by atoms with E-state index in [4.69, 9.17) is 5.73 Å². The van der Waals surface area contributed by atoms with E-state index in [1.807, 2.05) is 25.1 Å². The van der Waals surface area contributed by atoms with Crippen molar-refractivity contribution in [3.63, 3.8) is 0 Å². The van der Waals surface area contributed by atoms with Crippen molar-refractivity contribution in [1.29, 1.82) is 0 Å². The average Bonchev–Trinajstić information content (AvgIpc) is 2.71. The van der Waals surface area contributed by atoms with Crippen LogP contribution in [0.2, 0.25) is 0 Å². The van der Waals surface area contributed by atoms with Crippen LogP contribution in [0.5, 0.6) is 0 Å². The highest BCUT2D eigenvalue weighted by Crippen LogP contribution is 2.17. The van der Waals surface area contributed by atoms with Gasteiger partial charge >= 0.3 is 0 Å². The monoisotopic (exact) mass is 467 g/mol. The number of allylic oxidation sites excluding steroid dienone is 3. The Kier molecular flexibility index (Phi) is 14.9. The molecule has 0 fully saturated rings. The molecule has 7 heteroatoms. The molecule has 5 nitrogen and oxygen atoms in total. The van der Waals surface area contributed by atoms with Crippen LogP contribution in [0.15, 0.2) is 59.1 Å². The fourth-order valence-electron chi connectivity index (χ4n) is 2.16. The van der Waals surface area contributed by atoms with E-state index in [1.165, 1.54) is 6.08 Å². The maximum absolute atomic E-state index is 12.0. The zero-order valence-electron chi connectivity index (χ0n) is 16.5. The second-order valence-corrected chi connectivity index (χ2v) is 6.60. The van der Waals surface area contributed by atoms with E-state index in [9.17, 15) is 9.59 Å². The molecule has 154 valence electrons. The van der Waals surface area contributed by atoms with Gasteiger partial charge in [-0.05, 0) is 44.2 Å². The van der Waals surface area contributed by atoms with Gasteiger partial charge in [-0.2, -0.15) is 12.6 Å². The lowest BCUT2D eigenvalue weighted by molar-refractivity contribution is -0.117. The lowest BCUT2D eigenvalue weighted by Gasteiger charge is -2.08. The zero-order valence-corrected chi connectivity index (χ0v) is 19.0. The minimum absolute atomic E-state index is 0.0555. The second-order valence-electron chi connectivity index (χ2n) is 5.68. The summed E-state index contributed by atoms with van der Waals surface area (Å²) in [6, 6.07) is 7.18. The number of halogens is 1. The molecular formula is C21H30BrN3O2S. The largest absolute Gasteiger partial charge is 0.397 e. The van der Waals surface area contributed by atoms with Gasteiger partial charge < -0.3 is 16.4 Å². The molecule has 0 atom stereocenters. The highest BCUT2D eigenvalue weighted by molar-refractivity contribution is 9.11. The SMILES string of the molecule is C=C/C(=C\C(Br)=C/C)C(=O)NCCCCCC(=O)Nc1ccccc1N.CS.